The number of carbonyl (C=O) groups excluding carboxylic acids is 2. The van der Waals surface area contributed by atoms with Crippen LogP contribution in [0.2, 0.25) is 0 Å². The van der Waals surface area contributed by atoms with E-state index in [0.29, 0.717) is 39.9 Å². The number of benzene rings is 1. The van der Waals surface area contributed by atoms with Gasteiger partial charge in [0.1, 0.15) is 18.1 Å². The predicted octanol–water partition coefficient (Wildman–Crippen LogP) is 3.93. The van der Waals surface area contributed by atoms with E-state index in [1.165, 1.54) is 4.90 Å². The van der Waals surface area contributed by atoms with E-state index in [9.17, 15) is 9.59 Å². The van der Waals surface area contributed by atoms with Gasteiger partial charge < -0.3 is 14.6 Å². The quantitative estimate of drug-likeness (QED) is 0.513. The summed E-state index contributed by atoms with van der Waals surface area (Å²) >= 11 is 2.31. The van der Waals surface area contributed by atoms with Gasteiger partial charge in [-0.1, -0.05) is 15.9 Å². The number of fused-ring (bicyclic) bond motifs is 1. The van der Waals surface area contributed by atoms with Gasteiger partial charge in [-0.3, -0.25) is 14.5 Å². The number of likely N-dealkylation sites (N-methyl/N-ethyl adjacent to an activating group) is 1. The second-order valence-corrected chi connectivity index (χ2v) is 9.98. The van der Waals surface area contributed by atoms with E-state index in [2.05, 4.69) is 28.1 Å². The average molecular weight is 531 g/mol. The zero-order valence-corrected chi connectivity index (χ0v) is 20.1. The standard InChI is InChI=1S/C21H26INO5S/c1-12(29-22)6-5-7-15-17(27-11-10-24)9-8-16-18(15)28-21(19(16)25)14(3)13(2)20(26)23(21)4/h8-9,12,24H,5-7,10-11H2,1-4H3/t12?,21-/m0/s1. The molecule has 2 heterocycles. The highest BCUT2D eigenvalue weighted by atomic mass is 127. The number of ketones is 1. The topological polar surface area (TPSA) is 76.1 Å². The van der Waals surface area contributed by atoms with Gasteiger partial charge in [0.05, 0.1) is 12.2 Å². The van der Waals surface area contributed by atoms with Crippen LogP contribution in [0.1, 0.15) is 49.5 Å². The van der Waals surface area contributed by atoms with Gasteiger partial charge in [0.15, 0.2) is 0 Å². The van der Waals surface area contributed by atoms with Crippen LogP contribution in [0.5, 0.6) is 11.5 Å². The third kappa shape index (κ3) is 3.67. The Morgan fingerprint density at radius 3 is 2.66 bits per heavy atom. The van der Waals surface area contributed by atoms with E-state index >= 15 is 0 Å². The highest BCUT2D eigenvalue weighted by Gasteiger charge is 2.59. The Hall–Kier alpha value is -1.26. The summed E-state index contributed by atoms with van der Waals surface area (Å²) in [6.45, 7) is 5.76. The molecule has 3 rings (SSSR count). The van der Waals surface area contributed by atoms with Crippen LogP contribution in [-0.2, 0) is 11.2 Å². The Morgan fingerprint density at radius 1 is 1.34 bits per heavy atom. The first-order valence-corrected chi connectivity index (χ1v) is 13.1. The molecular weight excluding hydrogens is 505 g/mol. The maximum absolute atomic E-state index is 13.4. The number of rotatable bonds is 8. The van der Waals surface area contributed by atoms with Crippen molar-refractivity contribution >= 4 is 41.8 Å². The van der Waals surface area contributed by atoms with E-state index < -0.39 is 5.72 Å². The molecule has 1 aromatic carbocycles. The number of Topliss-reactive ketones (excluding diaryl/α,β-unsaturated/α-hetero) is 1. The molecule has 0 saturated heterocycles. The van der Waals surface area contributed by atoms with Crippen LogP contribution < -0.4 is 9.47 Å². The number of hydrogen-bond acceptors (Lipinski definition) is 6. The molecule has 2 aliphatic heterocycles. The zero-order chi connectivity index (χ0) is 21.3. The van der Waals surface area contributed by atoms with Gasteiger partial charge in [-0.05, 0) is 66.4 Å². The largest absolute Gasteiger partial charge is 0.491 e. The first kappa shape index (κ1) is 22.4. The Balaban J connectivity index is 2.01. The highest BCUT2D eigenvalue weighted by molar-refractivity contribution is 14.2. The van der Waals surface area contributed by atoms with Crippen LogP contribution in [0.4, 0.5) is 0 Å². The number of aliphatic hydroxyl groups is 1. The van der Waals surface area contributed by atoms with Gasteiger partial charge in [-0.15, -0.1) is 0 Å². The van der Waals surface area contributed by atoms with Crippen LogP contribution in [-0.4, -0.2) is 52.9 Å². The minimum atomic E-state index is -1.40. The molecule has 0 radical (unpaired) electrons. The molecular formula is C21H26INO5S. The Morgan fingerprint density at radius 2 is 2.07 bits per heavy atom. The highest BCUT2D eigenvalue weighted by Crippen LogP contribution is 2.49. The molecule has 0 saturated carbocycles. The minimum Gasteiger partial charge on any atom is -0.491 e. The molecule has 29 heavy (non-hydrogen) atoms. The molecule has 2 aliphatic rings. The SMILES string of the molecule is CC1=C(C)[C@@]2(Oc3c(ccc(OCCO)c3CCCC(C)SI)C2=O)N(C)C1=O. The first-order valence-electron chi connectivity index (χ1n) is 9.66. The lowest BCUT2D eigenvalue weighted by Gasteiger charge is -2.31. The maximum Gasteiger partial charge on any atom is 0.272 e. The molecule has 0 fully saturated rings. The van der Waals surface area contributed by atoms with Crippen LogP contribution in [0.15, 0.2) is 23.3 Å². The smallest absolute Gasteiger partial charge is 0.272 e. The number of nitrogens with zero attached hydrogens (tertiary/aromatic N) is 1. The van der Waals surface area contributed by atoms with Gasteiger partial charge in [-0.25, -0.2) is 0 Å². The summed E-state index contributed by atoms with van der Waals surface area (Å²) in [7, 11) is 3.40. The fourth-order valence-electron chi connectivity index (χ4n) is 3.95. The minimum absolute atomic E-state index is 0.0962. The summed E-state index contributed by atoms with van der Waals surface area (Å²) in [5.41, 5.74) is 1.07. The Kier molecular flexibility index (Phi) is 6.84. The molecule has 1 N–H and O–H groups in total. The molecule has 1 aromatic rings. The molecule has 158 valence electrons. The van der Waals surface area contributed by atoms with E-state index in [1.807, 2.05) is 0 Å². The summed E-state index contributed by atoms with van der Waals surface area (Å²) in [4.78, 5) is 27.3. The first-order chi connectivity index (χ1) is 13.8. The van der Waals surface area contributed by atoms with E-state index in [4.69, 9.17) is 14.6 Å². The molecule has 8 heteroatoms. The number of aliphatic hydroxyl groups excluding tert-OH is 1. The number of ether oxygens (including phenoxy) is 2. The molecule has 0 aliphatic carbocycles. The Labute approximate surface area is 187 Å². The average Bonchev–Trinajstić information content (AvgIpc) is 3.11. The number of amides is 1. The summed E-state index contributed by atoms with van der Waals surface area (Å²) in [5.74, 6) is 0.690. The Bertz CT molecular complexity index is 871. The van der Waals surface area contributed by atoms with Crippen LogP contribution in [0, 0.1) is 0 Å². The molecule has 1 unspecified atom stereocenters. The van der Waals surface area contributed by atoms with Crippen molar-refractivity contribution in [2.24, 2.45) is 0 Å². The van der Waals surface area contributed by atoms with Crippen molar-refractivity contribution in [2.75, 3.05) is 20.3 Å². The van der Waals surface area contributed by atoms with E-state index in [0.717, 1.165) is 18.4 Å². The van der Waals surface area contributed by atoms with Crippen LogP contribution in [0.25, 0.3) is 0 Å². The van der Waals surface area contributed by atoms with Gasteiger partial charge in [0, 0.05) is 29.0 Å². The van der Waals surface area contributed by atoms with Crippen LogP contribution >= 0.6 is 30.1 Å². The summed E-state index contributed by atoms with van der Waals surface area (Å²) in [6, 6.07) is 3.47. The summed E-state index contributed by atoms with van der Waals surface area (Å²) in [5, 5.41) is 9.69. The third-order valence-corrected chi connectivity index (χ3v) is 8.87. The number of halogens is 1. The molecule has 0 bridgehead atoms. The summed E-state index contributed by atoms with van der Waals surface area (Å²) in [6.07, 6.45) is 2.62. The van der Waals surface area contributed by atoms with Crippen molar-refractivity contribution in [3.8, 4) is 11.5 Å². The second kappa shape index (κ2) is 8.85. The second-order valence-electron chi connectivity index (χ2n) is 7.47. The van der Waals surface area contributed by atoms with Crippen molar-refractivity contribution in [2.45, 2.75) is 51.0 Å². The lowest BCUT2D eigenvalue weighted by atomic mass is 9.94. The van der Waals surface area contributed by atoms with Crippen LogP contribution in [0.3, 0.4) is 0 Å². The third-order valence-electron chi connectivity index (χ3n) is 5.73. The van der Waals surface area contributed by atoms with Gasteiger partial charge in [0.2, 0.25) is 5.78 Å². The van der Waals surface area contributed by atoms with Gasteiger partial charge >= 0.3 is 0 Å². The predicted molar refractivity (Wildman–Crippen MR) is 122 cm³/mol. The van der Waals surface area contributed by atoms with E-state index in [-0.39, 0.29) is 24.9 Å². The normalized spacial score (nSPS) is 21.8. The monoisotopic (exact) mass is 531 g/mol. The molecule has 2 atom stereocenters. The van der Waals surface area contributed by atoms with E-state index in [1.54, 1.807) is 42.0 Å². The lowest BCUT2D eigenvalue weighted by molar-refractivity contribution is -0.132. The molecule has 0 aromatic heterocycles. The maximum atomic E-state index is 13.4. The zero-order valence-electron chi connectivity index (χ0n) is 17.1. The van der Waals surface area contributed by atoms with Gasteiger partial charge in [0.25, 0.3) is 11.6 Å². The van der Waals surface area contributed by atoms with Crippen molar-refractivity contribution in [1.29, 1.82) is 0 Å². The van der Waals surface area contributed by atoms with Crippen molar-refractivity contribution < 1.29 is 24.2 Å². The molecule has 1 spiro atoms. The van der Waals surface area contributed by atoms with Crippen molar-refractivity contribution in [1.82, 2.24) is 4.90 Å². The number of hydrogen-bond donors (Lipinski definition) is 1. The van der Waals surface area contributed by atoms with Crippen molar-refractivity contribution in [3.05, 3.63) is 34.4 Å². The van der Waals surface area contributed by atoms with Gasteiger partial charge in [-0.2, -0.15) is 0 Å². The number of carbonyl (C=O) groups is 2. The summed E-state index contributed by atoms with van der Waals surface area (Å²) < 4.78 is 12.1. The fraction of sp³-hybridized carbons (Fsp3) is 0.524. The lowest BCUT2D eigenvalue weighted by Crippen LogP contribution is -2.53. The van der Waals surface area contributed by atoms with Crippen molar-refractivity contribution in [3.63, 3.8) is 0 Å². The fourth-order valence-corrected chi connectivity index (χ4v) is 4.97. The molecule has 6 nitrogen and oxygen atoms in total. The molecule has 1 amide bonds.